The van der Waals surface area contributed by atoms with Crippen molar-refractivity contribution in [3.05, 3.63) is 29.3 Å². The molecule has 0 aliphatic heterocycles. The molecule has 0 aromatic heterocycles. The summed E-state index contributed by atoms with van der Waals surface area (Å²) < 4.78 is 5.28. The number of carbonyl (C=O) groups is 1. The monoisotopic (exact) mass is 276 g/mol. The fraction of sp³-hybridized carbons (Fsp3) is 0.562. The number of hydrogen-bond acceptors (Lipinski definition) is 3. The molecule has 0 saturated carbocycles. The van der Waals surface area contributed by atoms with E-state index in [9.17, 15) is 4.79 Å². The van der Waals surface area contributed by atoms with Crippen molar-refractivity contribution in [1.29, 1.82) is 0 Å². The minimum absolute atomic E-state index is 0.261. The lowest BCUT2D eigenvalue weighted by Gasteiger charge is -2.29. The molecule has 0 heterocycles. The third kappa shape index (κ3) is 3.31. The van der Waals surface area contributed by atoms with Crippen molar-refractivity contribution in [3.8, 4) is 5.75 Å². The highest BCUT2D eigenvalue weighted by molar-refractivity contribution is 5.80. The standard InChI is InChI=1S/C16H24N2O2/c1-16(2,15(17)19)10-18-13-6-4-11-5-7-14(20-3)9-12(11)8-13/h5,7,9,13,18H,4,6,8,10H2,1-3H3,(H2,17,19). The van der Waals surface area contributed by atoms with Crippen LogP contribution in [0.5, 0.6) is 5.75 Å². The van der Waals surface area contributed by atoms with Gasteiger partial charge in [0.05, 0.1) is 12.5 Å². The van der Waals surface area contributed by atoms with E-state index in [-0.39, 0.29) is 5.91 Å². The van der Waals surface area contributed by atoms with Gasteiger partial charge in [0.15, 0.2) is 0 Å². The zero-order valence-electron chi connectivity index (χ0n) is 12.5. The van der Waals surface area contributed by atoms with E-state index in [4.69, 9.17) is 10.5 Å². The first-order valence-electron chi connectivity index (χ1n) is 7.11. The van der Waals surface area contributed by atoms with Gasteiger partial charge >= 0.3 is 0 Å². The molecule has 1 unspecified atom stereocenters. The highest BCUT2D eigenvalue weighted by atomic mass is 16.5. The lowest BCUT2D eigenvalue weighted by molar-refractivity contribution is -0.125. The number of ether oxygens (including phenoxy) is 1. The highest BCUT2D eigenvalue weighted by Crippen LogP contribution is 2.26. The van der Waals surface area contributed by atoms with Crippen molar-refractivity contribution in [2.45, 2.75) is 39.2 Å². The Morgan fingerprint density at radius 3 is 2.85 bits per heavy atom. The number of nitrogens with one attached hydrogen (secondary N) is 1. The molecule has 1 aromatic carbocycles. The molecule has 110 valence electrons. The fourth-order valence-corrected chi connectivity index (χ4v) is 2.52. The molecule has 0 spiro atoms. The van der Waals surface area contributed by atoms with E-state index < -0.39 is 5.41 Å². The molecule has 1 aliphatic carbocycles. The minimum atomic E-state index is -0.505. The fourth-order valence-electron chi connectivity index (χ4n) is 2.52. The van der Waals surface area contributed by atoms with E-state index >= 15 is 0 Å². The topological polar surface area (TPSA) is 64.3 Å². The Morgan fingerprint density at radius 1 is 1.45 bits per heavy atom. The van der Waals surface area contributed by atoms with E-state index in [1.54, 1.807) is 7.11 Å². The van der Waals surface area contributed by atoms with Crippen LogP contribution in [0, 0.1) is 5.41 Å². The van der Waals surface area contributed by atoms with Crippen LogP contribution in [0.25, 0.3) is 0 Å². The van der Waals surface area contributed by atoms with Gasteiger partial charge in [0, 0.05) is 12.6 Å². The SMILES string of the molecule is COc1ccc2c(c1)CC(NCC(C)(C)C(N)=O)CC2. The molecule has 0 bridgehead atoms. The zero-order valence-corrected chi connectivity index (χ0v) is 12.5. The first-order valence-corrected chi connectivity index (χ1v) is 7.11. The molecule has 4 nitrogen and oxygen atoms in total. The van der Waals surface area contributed by atoms with E-state index in [0.29, 0.717) is 12.6 Å². The highest BCUT2D eigenvalue weighted by Gasteiger charge is 2.27. The molecule has 1 aromatic rings. The van der Waals surface area contributed by atoms with Crippen molar-refractivity contribution in [2.75, 3.05) is 13.7 Å². The first kappa shape index (κ1) is 14.9. The van der Waals surface area contributed by atoms with Gasteiger partial charge in [0.25, 0.3) is 0 Å². The lowest BCUT2D eigenvalue weighted by atomic mass is 9.86. The van der Waals surface area contributed by atoms with Gasteiger partial charge in [-0.2, -0.15) is 0 Å². The number of aryl methyl sites for hydroxylation is 1. The maximum atomic E-state index is 11.3. The number of nitrogens with two attached hydrogens (primary N) is 1. The Balaban J connectivity index is 1.98. The van der Waals surface area contributed by atoms with Crippen molar-refractivity contribution in [3.63, 3.8) is 0 Å². The number of carbonyl (C=O) groups excluding carboxylic acids is 1. The van der Waals surface area contributed by atoms with Gasteiger partial charge in [-0.1, -0.05) is 6.07 Å². The van der Waals surface area contributed by atoms with Crippen LogP contribution in [-0.2, 0) is 17.6 Å². The van der Waals surface area contributed by atoms with Gasteiger partial charge in [0.1, 0.15) is 5.75 Å². The average Bonchev–Trinajstić information content (AvgIpc) is 2.44. The molecule has 2 rings (SSSR count). The second-order valence-corrected chi connectivity index (χ2v) is 6.20. The van der Waals surface area contributed by atoms with E-state index in [1.807, 2.05) is 19.9 Å². The average molecular weight is 276 g/mol. The van der Waals surface area contributed by atoms with Crippen molar-refractivity contribution >= 4 is 5.91 Å². The normalized spacial score (nSPS) is 18.4. The van der Waals surface area contributed by atoms with E-state index in [2.05, 4.69) is 17.4 Å². The summed E-state index contributed by atoms with van der Waals surface area (Å²) in [6.45, 7) is 4.37. The van der Waals surface area contributed by atoms with Gasteiger partial charge in [-0.25, -0.2) is 0 Å². The quantitative estimate of drug-likeness (QED) is 0.859. The van der Waals surface area contributed by atoms with Crippen LogP contribution < -0.4 is 15.8 Å². The number of hydrogen-bond donors (Lipinski definition) is 2. The predicted octanol–water partition coefficient (Wildman–Crippen LogP) is 1.65. The van der Waals surface area contributed by atoms with Crippen LogP contribution in [0.4, 0.5) is 0 Å². The number of fused-ring (bicyclic) bond motifs is 1. The molecular formula is C16H24N2O2. The number of amides is 1. The Morgan fingerprint density at radius 2 is 2.20 bits per heavy atom. The molecular weight excluding hydrogens is 252 g/mol. The number of benzene rings is 1. The Labute approximate surface area is 120 Å². The van der Waals surface area contributed by atoms with Crippen molar-refractivity contribution < 1.29 is 9.53 Å². The van der Waals surface area contributed by atoms with Gasteiger partial charge in [0.2, 0.25) is 5.91 Å². The predicted molar refractivity (Wildman–Crippen MR) is 79.8 cm³/mol. The molecule has 1 aliphatic rings. The Bertz CT molecular complexity index is 497. The molecule has 20 heavy (non-hydrogen) atoms. The van der Waals surface area contributed by atoms with Crippen molar-refractivity contribution in [1.82, 2.24) is 5.32 Å². The third-order valence-corrected chi connectivity index (χ3v) is 4.14. The largest absolute Gasteiger partial charge is 0.497 e. The summed E-state index contributed by atoms with van der Waals surface area (Å²) in [5, 5.41) is 3.48. The van der Waals surface area contributed by atoms with Crippen LogP contribution in [0.2, 0.25) is 0 Å². The smallest absolute Gasteiger partial charge is 0.224 e. The lowest BCUT2D eigenvalue weighted by Crippen LogP contribution is -2.45. The van der Waals surface area contributed by atoms with Crippen LogP contribution in [0.1, 0.15) is 31.4 Å². The summed E-state index contributed by atoms with van der Waals surface area (Å²) in [5.41, 5.74) is 7.64. The second-order valence-electron chi connectivity index (χ2n) is 6.20. The minimum Gasteiger partial charge on any atom is -0.497 e. The first-order chi connectivity index (χ1) is 9.42. The summed E-state index contributed by atoms with van der Waals surface area (Å²) in [7, 11) is 1.69. The third-order valence-electron chi connectivity index (χ3n) is 4.14. The molecule has 0 radical (unpaired) electrons. The number of rotatable bonds is 5. The van der Waals surface area contributed by atoms with Gasteiger partial charge in [-0.05, 0) is 56.4 Å². The Hall–Kier alpha value is -1.55. The summed E-state index contributed by atoms with van der Waals surface area (Å²) in [6.07, 6.45) is 3.13. The van der Waals surface area contributed by atoms with Gasteiger partial charge in [-0.15, -0.1) is 0 Å². The zero-order chi connectivity index (χ0) is 14.8. The number of methoxy groups -OCH3 is 1. The molecule has 1 atom stereocenters. The Kier molecular flexibility index (Phi) is 4.33. The molecule has 4 heteroatoms. The van der Waals surface area contributed by atoms with Crippen molar-refractivity contribution in [2.24, 2.45) is 11.1 Å². The van der Waals surface area contributed by atoms with Crippen LogP contribution in [0.15, 0.2) is 18.2 Å². The molecule has 0 fully saturated rings. The van der Waals surface area contributed by atoms with E-state index in [1.165, 1.54) is 11.1 Å². The summed E-state index contributed by atoms with van der Waals surface area (Å²) in [5.74, 6) is 0.643. The van der Waals surface area contributed by atoms with Crippen LogP contribution in [0.3, 0.4) is 0 Å². The van der Waals surface area contributed by atoms with Crippen LogP contribution in [-0.4, -0.2) is 25.6 Å². The van der Waals surface area contributed by atoms with E-state index in [0.717, 1.165) is 25.0 Å². The number of primary amides is 1. The molecule has 0 saturated heterocycles. The molecule has 1 amide bonds. The van der Waals surface area contributed by atoms with Gasteiger partial charge < -0.3 is 15.8 Å². The summed E-state index contributed by atoms with van der Waals surface area (Å²) in [6, 6.07) is 6.68. The molecule has 3 N–H and O–H groups in total. The van der Waals surface area contributed by atoms with Crippen LogP contribution >= 0.6 is 0 Å². The second kappa shape index (κ2) is 5.83. The maximum absolute atomic E-state index is 11.3. The summed E-state index contributed by atoms with van der Waals surface area (Å²) in [4.78, 5) is 11.3. The van der Waals surface area contributed by atoms with Gasteiger partial charge in [-0.3, -0.25) is 4.79 Å². The maximum Gasteiger partial charge on any atom is 0.224 e. The summed E-state index contributed by atoms with van der Waals surface area (Å²) >= 11 is 0.